The highest BCUT2D eigenvalue weighted by atomic mass is 19.4. The van der Waals surface area contributed by atoms with Crippen molar-refractivity contribution in [2.45, 2.75) is 50.7 Å². The molecule has 0 amide bonds. The van der Waals surface area contributed by atoms with Gasteiger partial charge in [0.2, 0.25) is 0 Å². The van der Waals surface area contributed by atoms with Crippen molar-refractivity contribution in [3.8, 4) is 0 Å². The summed E-state index contributed by atoms with van der Waals surface area (Å²) < 4.78 is 43.1. The Labute approximate surface area is 134 Å². The summed E-state index contributed by atoms with van der Waals surface area (Å²) in [6, 6.07) is 4.98. The van der Waals surface area contributed by atoms with Gasteiger partial charge >= 0.3 is 12.1 Å². The molecule has 0 heterocycles. The lowest BCUT2D eigenvalue weighted by molar-refractivity contribution is -0.144. The zero-order valence-corrected chi connectivity index (χ0v) is 13.1. The normalized spacial score (nSPS) is 25.2. The first-order valence-electron chi connectivity index (χ1n) is 7.91. The molecular formula is C17H22F3NO2. The second kappa shape index (κ2) is 7.34. The highest BCUT2D eigenvalue weighted by Gasteiger charge is 2.35. The Kier molecular flexibility index (Phi) is 5.68. The highest BCUT2D eigenvalue weighted by Crippen LogP contribution is 2.40. The van der Waals surface area contributed by atoms with E-state index in [1.165, 1.54) is 12.1 Å². The highest BCUT2D eigenvalue weighted by molar-refractivity contribution is 5.69. The molecule has 1 fully saturated rings. The van der Waals surface area contributed by atoms with E-state index in [2.05, 4.69) is 0 Å². The molecular weight excluding hydrogens is 307 g/mol. The number of benzene rings is 1. The zero-order chi connectivity index (χ0) is 17.0. The maximum absolute atomic E-state index is 12.7. The van der Waals surface area contributed by atoms with Crippen LogP contribution in [0.2, 0.25) is 0 Å². The van der Waals surface area contributed by atoms with Gasteiger partial charge in [0, 0.05) is 18.4 Å². The molecule has 3 unspecified atom stereocenters. The first-order chi connectivity index (χ1) is 10.8. The van der Waals surface area contributed by atoms with Crippen LogP contribution in [0.1, 0.15) is 49.7 Å². The van der Waals surface area contributed by atoms with Crippen LogP contribution in [-0.2, 0) is 15.7 Å². The predicted octanol–water partition coefficient (Wildman–Crippen LogP) is 3.87. The lowest BCUT2D eigenvalue weighted by Crippen LogP contribution is -2.38. The molecule has 0 bridgehead atoms. The molecule has 0 spiro atoms. The van der Waals surface area contributed by atoms with Gasteiger partial charge in [0.15, 0.2) is 0 Å². The minimum absolute atomic E-state index is 0.00883. The van der Waals surface area contributed by atoms with Crippen molar-refractivity contribution in [3.05, 3.63) is 35.4 Å². The molecule has 0 aliphatic heterocycles. The maximum atomic E-state index is 12.7. The van der Waals surface area contributed by atoms with Gasteiger partial charge in [-0.1, -0.05) is 18.6 Å². The summed E-state index contributed by atoms with van der Waals surface area (Å²) in [4.78, 5) is 11.8. The number of carbonyl (C=O) groups excluding carboxylic acids is 1. The Morgan fingerprint density at radius 3 is 2.48 bits per heavy atom. The summed E-state index contributed by atoms with van der Waals surface area (Å²) in [5.74, 6) is -0.381. The van der Waals surface area contributed by atoms with E-state index in [0.29, 0.717) is 6.61 Å². The molecule has 0 saturated heterocycles. The molecule has 6 heteroatoms. The van der Waals surface area contributed by atoms with E-state index in [1.54, 1.807) is 6.92 Å². The molecule has 3 atom stereocenters. The fourth-order valence-electron chi connectivity index (χ4n) is 3.40. The summed E-state index contributed by atoms with van der Waals surface area (Å²) >= 11 is 0. The number of alkyl halides is 3. The van der Waals surface area contributed by atoms with Crippen molar-refractivity contribution in [1.82, 2.24) is 0 Å². The molecule has 0 aromatic heterocycles. The fraction of sp³-hybridized carbons (Fsp3) is 0.588. The van der Waals surface area contributed by atoms with E-state index >= 15 is 0 Å². The Balaban J connectivity index is 2.19. The third-order valence-corrected chi connectivity index (χ3v) is 4.44. The Morgan fingerprint density at radius 1 is 1.26 bits per heavy atom. The van der Waals surface area contributed by atoms with Crippen molar-refractivity contribution in [2.24, 2.45) is 11.7 Å². The first kappa shape index (κ1) is 17.8. The molecule has 0 radical (unpaired) electrons. The van der Waals surface area contributed by atoms with Gasteiger partial charge in [0.05, 0.1) is 12.2 Å². The number of rotatable bonds is 4. The Morgan fingerprint density at radius 2 is 1.91 bits per heavy atom. The third kappa shape index (κ3) is 4.47. The second-order valence-corrected chi connectivity index (χ2v) is 6.01. The van der Waals surface area contributed by atoms with Crippen molar-refractivity contribution in [3.63, 3.8) is 0 Å². The van der Waals surface area contributed by atoms with Crippen LogP contribution >= 0.6 is 0 Å². The van der Waals surface area contributed by atoms with Crippen LogP contribution in [0.25, 0.3) is 0 Å². The van der Waals surface area contributed by atoms with Gasteiger partial charge in [-0.15, -0.1) is 0 Å². The molecule has 128 valence electrons. The quantitative estimate of drug-likeness (QED) is 0.853. The summed E-state index contributed by atoms with van der Waals surface area (Å²) in [7, 11) is 0. The van der Waals surface area contributed by atoms with E-state index in [9.17, 15) is 18.0 Å². The predicted molar refractivity (Wildman–Crippen MR) is 80.8 cm³/mol. The number of nitrogens with two attached hydrogens (primary N) is 1. The van der Waals surface area contributed by atoms with Crippen molar-refractivity contribution >= 4 is 5.97 Å². The van der Waals surface area contributed by atoms with E-state index in [-0.39, 0.29) is 30.3 Å². The molecule has 2 rings (SSSR count). The van der Waals surface area contributed by atoms with Gasteiger partial charge in [-0.3, -0.25) is 4.79 Å². The summed E-state index contributed by atoms with van der Waals surface area (Å²) in [5, 5.41) is 0. The summed E-state index contributed by atoms with van der Waals surface area (Å²) in [6.07, 6.45) is -1.53. The van der Waals surface area contributed by atoms with Gasteiger partial charge in [0.25, 0.3) is 0 Å². The molecule has 1 aliphatic carbocycles. The summed E-state index contributed by atoms with van der Waals surface area (Å²) in [6.45, 7) is 2.07. The van der Waals surface area contributed by atoms with Gasteiger partial charge < -0.3 is 10.5 Å². The van der Waals surface area contributed by atoms with Crippen molar-refractivity contribution < 1.29 is 22.7 Å². The van der Waals surface area contributed by atoms with Crippen LogP contribution in [0.15, 0.2) is 24.3 Å². The Hall–Kier alpha value is -1.56. The monoisotopic (exact) mass is 329 g/mol. The van der Waals surface area contributed by atoms with E-state index in [0.717, 1.165) is 37.0 Å². The SMILES string of the molecule is CCOC(=O)CC1CCCC(N)C1c1ccc(C(F)(F)F)cc1. The van der Waals surface area contributed by atoms with Crippen LogP contribution < -0.4 is 5.73 Å². The van der Waals surface area contributed by atoms with Crippen LogP contribution in [0.3, 0.4) is 0 Å². The molecule has 1 saturated carbocycles. The molecule has 1 aliphatic rings. The van der Waals surface area contributed by atoms with E-state index < -0.39 is 11.7 Å². The van der Waals surface area contributed by atoms with E-state index in [1.807, 2.05) is 0 Å². The number of carbonyl (C=O) groups is 1. The van der Waals surface area contributed by atoms with Crippen LogP contribution in [0, 0.1) is 5.92 Å². The van der Waals surface area contributed by atoms with Gasteiger partial charge in [-0.2, -0.15) is 13.2 Å². The van der Waals surface area contributed by atoms with Crippen molar-refractivity contribution in [2.75, 3.05) is 6.61 Å². The van der Waals surface area contributed by atoms with Crippen LogP contribution in [-0.4, -0.2) is 18.6 Å². The second-order valence-electron chi connectivity index (χ2n) is 6.01. The average Bonchev–Trinajstić information content (AvgIpc) is 2.47. The fourth-order valence-corrected chi connectivity index (χ4v) is 3.40. The Bertz CT molecular complexity index is 528. The van der Waals surface area contributed by atoms with Gasteiger partial charge in [0.1, 0.15) is 0 Å². The zero-order valence-electron chi connectivity index (χ0n) is 13.1. The smallest absolute Gasteiger partial charge is 0.416 e. The standard InChI is InChI=1S/C17H22F3NO2/c1-2-23-15(22)10-12-4-3-5-14(21)16(12)11-6-8-13(9-7-11)17(18,19)20/h6-9,12,14,16H,2-5,10,21H2,1H3. The lowest BCUT2D eigenvalue weighted by Gasteiger charge is -2.36. The van der Waals surface area contributed by atoms with Crippen molar-refractivity contribution in [1.29, 1.82) is 0 Å². The number of halogens is 3. The first-order valence-corrected chi connectivity index (χ1v) is 7.91. The maximum Gasteiger partial charge on any atom is 0.416 e. The lowest BCUT2D eigenvalue weighted by atomic mass is 9.71. The minimum Gasteiger partial charge on any atom is -0.466 e. The molecule has 2 N–H and O–H groups in total. The third-order valence-electron chi connectivity index (χ3n) is 4.44. The van der Waals surface area contributed by atoms with Crippen LogP contribution in [0.4, 0.5) is 13.2 Å². The molecule has 1 aromatic rings. The number of hydrogen-bond donors (Lipinski definition) is 1. The topological polar surface area (TPSA) is 52.3 Å². The van der Waals surface area contributed by atoms with Crippen LogP contribution in [0.5, 0.6) is 0 Å². The van der Waals surface area contributed by atoms with E-state index in [4.69, 9.17) is 10.5 Å². The number of ether oxygens (including phenoxy) is 1. The molecule has 3 nitrogen and oxygen atoms in total. The molecule has 1 aromatic carbocycles. The minimum atomic E-state index is -4.35. The van der Waals surface area contributed by atoms with Gasteiger partial charge in [-0.25, -0.2) is 0 Å². The average molecular weight is 329 g/mol. The largest absolute Gasteiger partial charge is 0.466 e. The number of esters is 1. The summed E-state index contributed by atoms with van der Waals surface area (Å²) in [5.41, 5.74) is 6.29. The number of hydrogen-bond acceptors (Lipinski definition) is 3. The van der Waals surface area contributed by atoms with Gasteiger partial charge in [-0.05, 0) is 43.4 Å². The molecule has 23 heavy (non-hydrogen) atoms.